The number of hydrogen-bond donors (Lipinski definition) is 0. The topological polar surface area (TPSA) is 54.0 Å². The quantitative estimate of drug-likeness (QED) is 0.845. The van der Waals surface area contributed by atoms with E-state index in [1.807, 2.05) is 16.7 Å². The lowest BCUT2D eigenvalue weighted by Crippen LogP contribution is -2.08. The van der Waals surface area contributed by atoms with Crippen LogP contribution >= 0.6 is 0 Å². The first-order valence-corrected chi connectivity index (χ1v) is 7.10. The predicted molar refractivity (Wildman–Crippen MR) is 72.6 cm³/mol. The van der Waals surface area contributed by atoms with Crippen LogP contribution in [0.15, 0.2) is 18.3 Å². The summed E-state index contributed by atoms with van der Waals surface area (Å²) in [5.74, 6) is 1.88. The summed E-state index contributed by atoms with van der Waals surface area (Å²) in [5, 5.41) is 17.3. The largest absolute Gasteiger partial charge is 0.286 e. The van der Waals surface area contributed by atoms with Gasteiger partial charge >= 0.3 is 0 Å². The number of pyridine rings is 1. The molecule has 0 saturated heterocycles. The molecule has 2 aromatic heterocycles. The van der Waals surface area contributed by atoms with E-state index >= 15 is 0 Å². The van der Waals surface area contributed by atoms with Gasteiger partial charge in [0, 0.05) is 18.7 Å². The van der Waals surface area contributed by atoms with Crippen LogP contribution in [-0.2, 0) is 6.42 Å². The van der Waals surface area contributed by atoms with Gasteiger partial charge < -0.3 is 0 Å². The Hall–Kier alpha value is -1.89. The van der Waals surface area contributed by atoms with Crippen LogP contribution in [-0.4, -0.2) is 14.6 Å². The molecule has 4 heteroatoms. The van der Waals surface area contributed by atoms with Crippen LogP contribution in [0.2, 0.25) is 0 Å². The second kappa shape index (κ2) is 5.40. The fourth-order valence-electron chi connectivity index (χ4n) is 2.99. The minimum absolute atomic E-state index is 0.638. The van der Waals surface area contributed by atoms with Gasteiger partial charge in [0.2, 0.25) is 0 Å². The molecule has 2 aromatic rings. The molecule has 1 saturated carbocycles. The van der Waals surface area contributed by atoms with Crippen LogP contribution in [0.4, 0.5) is 0 Å². The van der Waals surface area contributed by atoms with Gasteiger partial charge in [0.25, 0.3) is 0 Å². The van der Waals surface area contributed by atoms with E-state index in [0.717, 1.165) is 23.8 Å². The fourth-order valence-corrected chi connectivity index (χ4v) is 2.99. The molecule has 0 aromatic carbocycles. The maximum atomic E-state index is 8.87. The first kappa shape index (κ1) is 12.2. The monoisotopic (exact) mass is 254 g/mol. The molecular formula is C15H18N4. The average Bonchev–Trinajstić information content (AvgIpc) is 2.88. The number of hydrogen-bond acceptors (Lipinski definition) is 3. The summed E-state index contributed by atoms with van der Waals surface area (Å²) in [6, 6.07) is 5.74. The van der Waals surface area contributed by atoms with Crippen molar-refractivity contribution in [2.75, 3.05) is 0 Å². The first-order valence-electron chi connectivity index (χ1n) is 7.10. The van der Waals surface area contributed by atoms with Gasteiger partial charge in [-0.25, -0.2) is 0 Å². The summed E-state index contributed by atoms with van der Waals surface area (Å²) >= 11 is 0. The second-order valence-electron chi connectivity index (χ2n) is 5.41. The number of aromatic nitrogens is 3. The van der Waals surface area contributed by atoms with Gasteiger partial charge in [-0.2, -0.15) is 5.26 Å². The van der Waals surface area contributed by atoms with Crippen LogP contribution in [0.25, 0.3) is 5.65 Å². The van der Waals surface area contributed by atoms with Crippen molar-refractivity contribution in [1.29, 1.82) is 5.26 Å². The Bertz CT molecular complexity index is 602. The summed E-state index contributed by atoms with van der Waals surface area (Å²) in [6.07, 6.45) is 11.0. The van der Waals surface area contributed by atoms with E-state index in [4.69, 9.17) is 5.26 Å². The molecular weight excluding hydrogens is 236 g/mol. The SMILES string of the molecule is N#Cc1ccn2c(CCC3CCCCC3)nnc2c1. The van der Waals surface area contributed by atoms with E-state index in [-0.39, 0.29) is 0 Å². The molecule has 1 fully saturated rings. The van der Waals surface area contributed by atoms with Crippen molar-refractivity contribution < 1.29 is 0 Å². The fraction of sp³-hybridized carbons (Fsp3) is 0.533. The van der Waals surface area contributed by atoms with Crippen molar-refractivity contribution in [3.05, 3.63) is 29.7 Å². The van der Waals surface area contributed by atoms with E-state index in [0.29, 0.717) is 5.56 Å². The Morgan fingerprint density at radius 2 is 2.11 bits per heavy atom. The maximum Gasteiger partial charge on any atom is 0.162 e. The van der Waals surface area contributed by atoms with Gasteiger partial charge in [-0.1, -0.05) is 32.1 Å². The van der Waals surface area contributed by atoms with Gasteiger partial charge in [0.05, 0.1) is 11.6 Å². The van der Waals surface area contributed by atoms with Crippen molar-refractivity contribution in [2.24, 2.45) is 5.92 Å². The standard InChI is InChI=1S/C15H18N4/c16-11-13-8-9-19-14(17-18-15(19)10-13)7-6-12-4-2-1-3-5-12/h8-10,12H,1-7H2. The average molecular weight is 254 g/mol. The molecule has 1 aliphatic rings. The third-order valence-electron chi connectivity index (χ3n) is 4.11. The Morgan fingerprint density at radius 1 is 1.26 bits per heavy atom. The van der Waals surface area contributed by atoms with E-state index in [2.05, 4.69) is 16.3 Å². The molecule has 0 spiro atoms. The third-order valence-corrected chi connectivity index (χ3v) is 4.11. The highest BCUT2D eigenvalue weighted by Crippen LogP contribution is 2.27. The van der Waals surface area contributed by atoms with Crippen molar-refractivity contribution >= 4 is 5.65 Å². The lowest BCUT2D eigenvalue weighted by atomic mass is 9.86. The van der Waals surface area contributed by atoms with Gasteiger partial charge in [-0.05, 0) is 18.4 Å². The number of nitriles is 1. The number of rotatable bonds is 3. The molecule has 0 N–H and O–H groups in total. The predicted octanol–water partition coefficient (Wildman–Crippen LogP) is 3.11. The second-order valence-corrected chi connectivity index (χ2v) is 5.41. The molecule has 0 aliphatic heterocycles. The summed E-state index contributed by atoms with van der Waals surface area (Å²) < 4.78 is 2.00. The highest BCUT2D eigenvalue weighted by molar-refractivity contribution is 5.45. The van der Waals surface area contributed by atoms with E-state index < -0.39 is 0 Å². The molecule has 19 heavy (non-hydrogen) atoms. The number of aryl methyl sites for hydroxylation is 1. The minimum atomic E-state index is 0.638. The normalized spacial score (nSPS) is 16.6. The molecule has 0 radical (unpaired) electrons. The van der Waals surface area contributed by atoms with Gasteiger partial charge in [-0.15, -0.1) is 10.2 Å². The van der Waals surface area contributed by atoms with Crippen LogP contribution < -0.4 is 0 Å². The highest BCUT2D eigenvalue weighted by atomic mass is 15.2. The van der Waals surface area contributed by atoms with Crippen LogP contribution in [0, 0.1) is 17.2 Å². The van der Waals surface area contributed by atoms with E-state index in [9.17, 15) is 0 Å². The number of nitrogens with zero attached hydrogens (tertiary/aromatic N) is 4. The minimum Gasteiger partial charge on any atom is -0.286 e. The first-order chi connectivity index (χ1) is 9.36. The third kappa shape index (κ3) is 2.60. The molecule has 0 bridgehead atoms. The zero-order valence-electron chi connectivity index (χ0n) is 11.0. The summed E-state index contributed by atoms with van der Waals surface area (Å²) in [5.41, 5.74) is 1.41. The van der Waals surface area contributed by atoms with Gasteiger partial charge in [0.15, 0.2) is 5.65 Å². The zero-order chi connectivity index (χ0) is 13.1. The Morgan fingerprint density at radius 3 is 2.89 bits per heavy atom. The molecule has 98 valence electrons. The Labute approximate surface area is 113 Å². The molecule has 1 aliphatic carbocycles. The smallest absolute Gasteiger partial charge is 0.162 e. The zero-order valence-corrected chi connectivity index (χ0v) is 11.0. The molecule has 3 rings (SSSR count). The summed E-state index contributed by atoms with van der Waals surface area (Å²) in [7, 11) is 0. The lowest BCUT2D eigenvalue weighted by Gasteiger charge is -2.20. The molecule has 4 nitrogen and oxygen atoms in total. The van der Waals surface area contributed by atoms with Crippen molar-refractivity contribution in [2.45, 2.75) is 44.9 Å². The summed E-state index contributed by atoms with van der Waals surface area (Å²) in [4.78, 5) is 0. The number of fused-ring (bicyclic) bond motifs is 1. The van der Waals surface area contributed by atoms with Crippen molar-refractivity contribution in [3.63, 3.8) is 0 Å². The van der Waals surface area contributed by atoms with E-state index in [1.165, 1.54) is 38.5 Å². The van der Waals surface area contributed by atoms with Crippen LogP contribution in [0.3, 0.4) is 0 Å². The lowest BCUT2D eigenvalue weighted by molar-refractivity contribution is 0.337. The van der Waals surface area contributed by atoms with Gasteiger partial charge in [-0.3, -0.25) is 4.40 Å². The molecule has 2 heterocycles. The van der Waals surface area contributed by atoms with Gasteiger partial charge in [0.1, 0.15) is 5.82 Å². The van der Waals surface area contributed by atoms with Crippen LogP contribution in [0.1, 0.15) is 49.9 Å². The Kier molecular flexibility index (Phi) is 3.45. The Balaban J connectivity index is 1.72. The van der Waals surface area contributed by atoms with E-state index in [1.54, 1.807) is 6.07 Å². The molecule has 0 amide bonds. The van der Waals surface area contributed by atoms with Crippen LogP contribution in [0.5, 0.6) is 0 Å². The van der Waals surface area contributed by atoms with Crippen molar-refractivity contribution in [3.8, 4) is 6.07 Å². The molecule has 0 atom stereocenters. The maximum absolute atomic E-state index is 8.87. The molecule has 0 unspecified atom stereocenters. The summed E-state index contributed by atoms with van der Waals surface area (Å²) in [6.45, 7) is 0. The van der Waals surface area contributed by atoms with Crippen molar-refractivity contribution in [1.82, 2.24) is 14.6 Å². The highest BCUT2D eigenvalue weighted by Gasteiger charge is 2.15.